The largest absolute Gasteiger partial charge is 0.370 e. The topological polar surface area (TPSA) is 96.7 Å². The number of ether oxygens (including phenoxy) is 1. The fourth-order valence-corrected chi connectivity index (χ4v) is 4.91. The van der Waals surface area contributed by atoms with Crippen LogP contribution in [0.25, 0.3) is 28.6 Å². The Bertz CT molecular complexity index is 1330. The van der Waals surface area contributed by atoms with Gasteiger partial charge >= 0.3 is 0 Å². The Balaban J connectivity index is 1.43. The summed E-state index contributed by atoms with van der Waals surface area (Å²) in [4.78, 5) is 9.31. The van der Waals surface area contributed by atoms with Gasteiger partial charge < -0.3 is 13.8 Å². The first kappa shape index (κ1) is 21.2. The van der Waals surface area contributed by atoms with E-state index in [4.69, 9.17) is 14.2 Å². The molecule has 1 aliphatic heterocycles. The lowest BCUT2D eigenvalue weighted by molar-refractivity contribution is 0.0122. The zero-order valence-corrected chi connectivity index (χ0v) is 19.9. The van der Waals surface area contributed by atoms with E-state index in [2.05, 4.69) is 54.6 Å². The third-order valence-corrected chi connectivity index (χ3v) is 6.80. The van der Waals surface area contributed by atoms with E-state index in [9.17, 15) is 0 Å². The molecule has 0 unspecified atom stereocenters. The maximum absolute atomic E-state index is 6.27. The third-order valence-electron chi connectivity index (χ3n) is 6.80. The number of hydrogen-bond donors (Lipinski definition) is 0. The maximum Gasteiger partial charge on any atom is 0.229 e. The number of fused-ring (bicyclic) bond motifs is 5. The SMILES string of the molecule is Cc1ccc2c(c1)-c1nnc(COC3CCCCC3)n1Cc1c(-c3noc(C(C)C)n3)ncn1-2. The normalized spacial score (nSPS) is 15.8. The van der Waals surface area contributed by atoms with Crippen LogP contribution in [0, 0.1) is 6.92 Å². The highest BCUT2D eigenvalue weighted by atomic mass is 16.5. The fourth-order valence-electron chi connectivity index (χ4n) is 4.91. The minimum atomic E-state index is 0.152. The molecule has 3 aromatic heterocycles. The molecule has 0 N–H and O–H groups in total. The molecule has 1 saturated carbocycles. The van der Waals surface area contributed by atoms with Crippen LogP contribution in [0.2, 0.25) is 0 Å². The fraction of sp³-hybridized carbons (Fsp3) is 0.480. The molecule has 1 aliphatic carbocycles. The molecule has 4 aromatic rings. The van der Waals surface area contributed by atoms with E-state index in [0.29, 0.717) is 36.7 Å². The monoisotopic (exact) mass is 459 g/mol. The van der Waals surface area contributed by atoms with Gasteiger partial charge in [0, 0.05) is 11.5 Å². The van der Waals surface area contributed by atoms with Gasteiger partial charge in [0.15, 0.2) is 11.6 Å². The summed E-state index contributed by atoms with van der Waals surface area (Å²) in [6.07, 6.45) is 8.16. The van der Waals surface area contributed by atoms with Crippen molar-refractivity contribution in [3.05, 3.63) is 47.5 Å². The molecule has 9 heteroatoms. The average Bonchev–Trinajstić information content (AvgIpc) is 3.56. The molecule has 1 aromatic carbocycles. The third kappa shape index (κ3) is 3.64. The maximum atomic E-state index is 6.27. The summed E-state index contributed by atoms with van der Waals surface area (Å²) in [6, 6.07) is 6.37. The lowest BCUT2D eigenvalue weighted by Crippen LogP contribution is -2.18. The Kier molecular flexibility index (Phi) is 5.28. The molecule has 0 radical (unpaired) electrons. The summed E-state index contributed by atoms with van der Waals surface area (Å²) in [5, 5.41) is 13.4. The Morgan fingerprint density at radius 3 is 2.79 bits per heavy atom. The quantitative estimate of drug-likeness (QED) is 0.371. The van der Waals surface area contributed by atoms with Crippen molar-refractivity contribution >= 4 is 0 Å². The molecule has 0 amide bonds. The van der Waals surface area contributed by atoms with Gasteiger partial charge in [0.2, 0.25) is 11.7 Å². The first-order chi connectivity index (χ1) is 16.6. The van der Waals surface area contributed by atoms with Crippen LogP contribution >= 0.6 is 0 Å². The molecular weight excluding hydrogens is 430 g/mol. The van der Waals surface area contributed by atoms with Gasteiger partial charge in [-0.2, -0.15) is 4.98 Å². The Hall–Kier alpha value is -3.33. The van der Waals surface area contributed by atoms with Crippen molar-refractivity contribution in [3.63, 3.8) is 0 Å². The Morgan fingerprint density at radius 1 is 1.15 bits per heavy atom. The minimum Gasteiger partial charge on any atom is -0.370 e. The van der Waals surface area contributed by atoms with E-state index >= 15 is 0 Å². The summed E-state index contributed by atoms with van der Waals surface area (Å²) in [5.74, 6) is 2.92. The van der Waals surface area contributed by atoms with Gasteiger partial charge in [0.05, 0.1) is 24.0 Å². The van der Waals surface area contributed by atoms with Gasteiger partial charge in [0.25, 0.3) is 0 Å². The first-order valence-corrected chi connectivity index (χ1v) is 12.1. The van der Waals surface area contributed by atoms with E-state index in [1.165, 1.54) is 19.3 Å². The van der Waals surface area contributed by atoms with Crippen LogP contribution in [0.15, 0.2) is 29.0 Å². The number of hydrogen-bond acceptors (Lipinski definition) is 7. The van der Waals surface area contributed by atoms with E-state index < -0.39 is 0 Å². The van der Waals surface area contributed by atoms with E-state index in [0.717, 1.165) is 47.0 Å². The van der Waals surface area contributed by atoms with Gasteiger partial charge in [-0.05, 0) is 31.9 Å². The standard InChI is InChI=1S/C25H29N7O2/c1-15(2)25-27-23(30-34-25)22-20-12-31-21(13-33-17-7-5-4-6-8-17)28-29-24(31)18-11-16(3)9-10-19(18)32(20)14-26-22/h9-11,14-15,17H,4-8,12-13H2,1-3H3. The molecule has 0 atom stereocenters. The number of aromatic nitrogens is 7. The minimum absolute atomic E-state index is 0.152. The lowest BCUT2D eigenvalue weighted by atomic mass is 9.98. The van der Waals surface area contributed by atoms with Crippen molar-refractivity contribution in [2.75, 3.05) is 0 Å². The second kappa shape index (κ2) is 8.47. The zero-order chi connectivity index (χ0) is 23.2. The van der Waals surface area contributed by atoms with Gasteiger partial charge in [-0.25, -0.2) is 4.98 Å². The van der Waals surface area contributed by atoms with Crippen LogP contribution in [0.3, 0.4) is 0 Å². The molecule has 176 valence electrons. The van der Waals surface area contributed by atoms with E-state index in [1.807, 2.05) is 20.2 Å². The van der Waals surface area contributed by atoms with Crippen LogP contribution in [-0.2, 0) is 17.9 Å². The molecule has 0 saturated heterocycles. The average molecular weight is 460 g/mol. The second-order valence-corrected chi connectivity index (χ2v) is 9.64. The summed E-state index contributed by atoms with van der Waals surface area (Å²) < 4.78 is 16.0. The molecular formula is C25H29N7O2. The smallest absolute Gasteiger partial charge is 0.229 e. The van der Waals surface area contributed by atoms with E-state index in [-0.39, 0.29) is 5.92 Å². The van der Waals surface area contributed by atoms with Crippen molar-refractivity contribution in [2.24, 2.45) is 0 Å². The number of rotatable bonds is 5. The van der Waals surface area contributed by atoms with Crippen LogP contribution < -0.4 is 0 Å². The molecule has 4 heterocycles. The highest BCUT2D eigenvalue weighted by Crippen LogP contribution is 2.35. The van der Waals surface area contributed by atoms with Crippen molar-refractivity contribution in [1.82, 2.24) is 34.5 Å². The summed E-state index contributed by atoms with van der Waals surface area (Å²) in [5.41, 5.74) is 4.88. The molecule has 1 fully saturated rings. The van der Waals surface area contributed by atoms with Gasteiger partial charge in [-0.3, -0.25) is 4.57 Å². The molecule has 6 rings (SSSR count). The second-order valence-electron chi connectivity index (χ2n) is 9.64. The van der Waals surface area contributed by atoms with Crippen molar-refractivity contribution in [1.29, 1.82) is 0 Å². The molecule has 34 heavy (non-hydrogen) atoms. The lowest BCUT2D eigenvalue weighted by Gasteiger charge is -2.21. The summed E-state index contributed by atoms with van der Waals surface area (Å²) >= 11 is 0. The number of nitrogens with zero attached hydrogens (tertiary/aromatic N) is 7. The molecule has 9 nitrogen and oxygen atoms in total. The van der Waals surface area contributed by atoms with Gasteiger partial charge in [-0.15, -0.1) is 10.2 Å². The van der Waals surface area contributed by atoms with Crippen LogP contribution in [0.1, 0.15) is 74.8 Å². The highest BCUT2D eigenvalue weighted by molar-refractivity contribution is 5.71. The predicted molar refractivity (Wildman–Crippen MR) is 125 cm³/mol. The van der Waals surface area contributed by atoms with Gasteiger partial charge in [0.1, 0.15) is 18.6 Å². The zero-order valence-electron chi connectivity index (χ0n) is 19.9. The molecule has 0 bridgehead atoms. The number of aryl methyl sites for hydroxylation is 1. The van der Waals surface area contributed by atoms with Crippen LogP contribution in [0.5, 0.6) is 0 Å². The highest BCUT2D eigenvalue weighted by Gasteiger charge is 2.28. The van der Waals surface area contributed by atoms with Gasteiger partial charge in [-0.1, -0.05) is 49.9 Å². The van der Waals surface area contributed by atoms with E-state index in [1.54, 1.807) is 0 Å². The van der Waals surface area contributed by atoms with Crippen molar-refractivity contribution in [3.8, 4) is 28.6 Å². The predicted octanol–water partition coefficient (Wildman–Crippen LogP) is 4.82. The van der Waals surface area contributed by atoms with Crippen LogP contribution in [0.4, 0.5) is 0 Å². The summed E-state index contributed by atoms with van der Waals surface area (Å²) in [6.45, 7) is 7.14. The molecule has 2 aliphatic rings. The van der Waals surface area contributed by atoms with Crippen molar-refractivity contribution < 1.29 is 9.26 Å². The Labute approximate surface area is 198 Å². The number of imidazole rings is 1. The van der Waals surface area contributed by atoms with Crippen molar-refractivity contribution in [2.45, 2.75) is 78.0 Å². The summed E-state index contributed by atoms with van der Waals surface area (Å²) in [7, 11) is 0. The van der Waals surface area contributed by atoms with Crippen LogP contribution in [-0.4, -0.2) is 40.6 Å². The Morgan fingerprint density at radius 2 is 2.00 bits per heavy atom. The molecule has 0 spiro atoms. The number of benzene rings is 1. The first-order valence-electron chi connectivity index (χ1n) is 12.1.